The maximum absolute atomic E-state index is 6.03. The van der Waals surface area contributed by atoms with Crippen molar-refractivity contribution in [3.8, 4) is 5.69 Å². The van der Waals surface area contributed by atoms with Gasteiger partial charge in [-0.05, 0) is 54.6 Å². The number of hydrogen-bond donors (Lipinski definition) is 0. The van der Waals surface area contributed by atoms with Gasteiger partial charge in [0.15, 0.2) is 0 Å². The highest BCUT2D eigenvalue weighted by Gasteiger charge is 2.18. The molecule has 142 valence electrons. The minimum atomic E-state index is 0.892. The van der Waals surface area contributed by atoms with Gasteiger partial charge in [-0.25, -0.2) is 4.98 Å². The standard InChI is InChI=1S/C25H14BrN3O/c26-15-9-11-21-22(13-15)29-20-7-3-2-6-19(20)27-25(29)28(21)16-10-12-24-18(14-16)17-5-1-4-8-23(17)30-24/h1-14H. The third-order valence-electron chi connectivity index (χ3n) is 5.78. The van der Waals surface area contributed by atoms with Crippen molar-refractivity contribution in [3.63, 3.8) is 0 Å². The minimum absolute atomic E-state index is 0.892. The predicted molar refractivity (Wildman–Crippen MR) is 125 cm³/mol. The van der Waals surface area contributed by atoms with Gasteiger partial charge in [-0.15, -0.1) is 0 Å². The average Bonchev–Trinajstić information content (AvgIpc) is 3.41. The summed E-state index contributed by atoms with van der Waals surface area (Å²) in [5.74, 6) is 0.899. The first-order chi connectivity index (χ1) is 14.8. The highest BCUT2D eigenvalue weighted by Crippen LogP contribution is 2.34. The van der Waals surface area contributed by atoms with Crippen LogP contribution in [0.4, 0.5) is 0 Å². The fraction of sp³-hybridized carbons (Fsp3) is 0. The van der Waals surface area contributed by atoms with Crippen molar-refractivity contribution in [1.82, 2.24) is 14.0 Å². The van der Waals surface area contributed by atoms with Gasteiger partial charge in [-0.1, -0.05) is 46.3 Å². The molecule has 30 heavy (non-hydrogen) atoms. The van der Waals surface area contributed by atoms with Crippen LogP contribution in [-0.4, -0.2) is 14.0 Å². The Morgan fingerprint density at radius 1 is 0.700 bits per heavy atom. The highest BCUT2D eigenvalue weighted by atomic mass is 79.9. The summed E-state index contributed by atoms with van der Waals surface area (Å²) in [4.78, 5) is 4.98. The summed E-state index contributed by atoms with van der Waals surface area (Å²) in [7, 11) is 0. The van der Waals surface area contributed by atoms with Gasteiger partial charge in [-0.2, -0.15) is 0 Å². The van der Waals surface area contributed by atoms with E-state index in [1.807, 2.05) is 24.3 Å². The van der Waals surface area contributed by atoms with Gasteiger partial charge < -0.3 is 4.42 Å². The molecule has 0 aliphatic heterocycles. The lowest BCUT2D eigenvalue weighted by molar-refractivity contribution is 0.669. The van der Waals surface area contributed by atoms with Crippen LogP contribution in [0.3, 0.4) is 0 Å². The Bertz CT molecular complexity index is 1770. The van der Waals surface area contributed by atoms with Crippen LogP contribution in [0.5, 0.6) is 0 Å². The highest BCUT2D eigenvalue weighted by molar-refractivity contribution is 9.10. The molecule has 7 rings (SSSR count). The monoisotopic (exact) mass is 451 g/mol. The number of benzene rings is 4. The molecule has 0 aliphatic carbocycles. The molecule has 0 saturated carbocycles. The summed E-state index contributed by atoms with van der Waals surface area (Å²) in [6, 6.07) is 29.1. The molecule has 0 N–H and O–H groups in total. The maximum Gasteiger partial charge on any atom is 0.220 e. The first kappa shape index (κ1) is 16.3. The molecule has 0 fully saturated rings. The van der Waals surface area contributed by atoms with E-state index in [0.29, 0.717) is 0 Å². The molecule has 0 saturated heterocycles. The SMILES string of the molecule is Brc1ccc2c(c1)n1c3ccccc3nc1n2-c1ccc2oc3ccccc3c2c1. The van der Waals surface area contributed by atoms with Crippen molar-refractivity contribution in [2.45, 2.75) is 0 Å². The van der Waals surface area contributed by atoms with Crippen LogP contribution in [-0.2, 0) is 0 Å². The first-order valence-corrected chi connectivity index (χ1v) is 10.6. The molecule has 0 spiro atoms. The zero-order chi connectivity index (χ0) is 19.8. The molecule has 3 heterocycles. The Hall–Kier alpha value is -3.57. The Morgan fingerprint density at radius 2 is 1.53 bits per heavy atom. The smallest absolute Gasteiger partial charge is 0.220 e. The fourth-order valence-corrected chi connectivity index (χ4v) is 4.83. The molecule has 7 aromatic rings. The second-order valence-electron chi connectivity index (χ2n) is 7.48. The van der Waals surface area contributed by atoms with Gasteiger partial charge in [0, 0.05) is 15.2 Å². The van der Waals surface area contributed by atoms with E-state index >= 15 is 0 Å². The van der Waals surface area contributed by atoms with Crippen LogP contribution < -0.4 is 0 Å². The molecule has 0 unspecified atom stereocenters. The van der Waals surface area contributed by atoms with E-state index in [-0.39, 0.29) is 0 Å². The lowest BCUT2D eigenvalue weighted by atomic mass is 10.1. The van der Waals surface area contributed by atoms with Crippen molar-refractivity contribution >= 4 is 65.7 Å². The Balaban J connectivity index is 1.65. The normalized spacial score (nSPS) is 12.2. The quantitative estimate of drug-likeness (QED) is 0.267. The van der Waals surface area contributed by atoms with E-state index in [4.69, 9.17) is 9.40 Å². The number of furan rings is 1. The molecule has 5 heteroatoms. The minimum Gasteiger partial charge on any atom is -0.456 e. The number of halogens is 1. The molecule has 0 radical (unpaired) electrons. The van der Waals surface area contributed by atoms with E-state index < -0.39 is 0 Å². The summed E-state index contributed by atoms with van der Waals surface area (Å²) < 4.78 is 11.5. The van der Waals surface area contributed by atoms with Crippen LogP contribution in [0.1, 0.15) is 0 Å². The molecule has 0 atom stereocenters. The number of hydrogen-bond acceptors (Lipinski definition) is 2. The molecular weight excluding hydrogens is 438 g/mol. The predicted octanol–water partition coefficient (Wildman–Crippen LogP) is 7.09. The second kappa shape index (κ2) is 5.74. The number of imidazole rings is 2. The Labute approximate surface area is 179 Å². The molecule has 0 bridgehead atoms. The maximum atomic E-state index is 6.03. The lowest BCUT2D eigenvalue weighted by Gasteiger charge is -2.05. The summed E-state index contributed by atoms with van der Waals surface area (Å²) >= 11 is 3.64. The van der Waals surface area contributed by atoms with Crippen LogP contribution in [0, 0.1) is 0 Å². The van der Waals surface area contributed by atoms with Gasteiger partial charge in [0.1, 0.15) is 11.2 Å². The molecule has 4 aromatic carbocycles. The van der Waals surface area contributed by atoms with Crippen molar-refractivity contribution in [3.05, 3.63) is 89.4 Å². The van der Waals surface area contributed by atoms with E-state index in [2.05, 4.69) is 85.6 Å². The van der Waals surface area contributed by atoms with Crippen LogP contribution in [0.15, 0.2) is 93.8 Å². The third kappa shape index (κ3) is 2.07. The topological polar surface area (TPSA) is 35.4 Å². The average molecular weight is 452 g/mol. The van der Waals surface area contributed by atoms with Gasteiger partial charge in [0.05, 0.1) is 27.8 Å². The van der Waals surface area contributed by atoms with Gasteiger partial charge >= 0.3 is 0 Å². The number of rotatable bonds is 1. The zero-order valence-corrected chi connectivity index (χ0v) is 17.3. The summed E-state index contributed by atoms with van der Waals surface area (Å²) in [5, 5.41) is 2.23. The van der Waals surface area contributed by atoms with Crippen molar-refractivity contribution < 1.29 is 4.42 Å². The second-order valence-corrected chi connectivity index (χ2v) is 8.40. The lowest BCUT2D eigenvalue weighted by Crippen LogP contribution is -1.94. The van der Waals surface area contributed by atoms with Crippen molar-refractivity contribution in [1.29, 1.82) is 0 Å². The summed E-state index contributed by atoms with van der Waals surface area (Å²) in [5.41, 5.74) is 7.17. The largest absolute Gasteiger partial charge is 0.456 e. The Kier molecular flexibility index (Phi) is 3.11. The van der Waals surface area contributed by atoms with Crippen LogP contribution >= 0.6 is 15.9 Å². The number of para-hydroxylation sites is 3. The number of aromatic nitrogens is 3. The van der Waals surface area contributed by atoms with E-state index in [0.717, 1.165) is 59.9 Å². The number of nitrogens with zero attached hydrogens (tertiary/aromatic N) is 3. The molecule has 3 aromatic heterocycles. The fourth-order valence-electron chi connectivity index (χ4n) is 4.48. The van der Waals surface area contributed by atoms with E-state index in [1.165, 1.54) is 0 Å². The first-order valence-electron chi connectivity index (χ1n) is 9.77. The van der Waals surface area contributed by atoms with Crippen molar-refractivity contribution in [2.24, 2.45) is 0 Å². The molecule has 0 aliphatic rings. The zero-order valence-electron chi connectivity index (χ0n) is 15.7. The molecule has 4 nitrogen and oxygen atoms in total. The van der Waals surface area contributed by atoms with E-state index in [1.54, 1.807) is 0 Å². The van der Waals surface area contributed by atoms with Gasteiger partial charge in [0.25, 0.3) is 0 Å². The molecule has 0 amide bonds. The number of fused-ring (bicyclic) bond motifs is 8. The van der Waals surface area contributed by atoms with E-state index in [9.17, 15) is 0 Å². The Morgan fingerprint density at radius 3 is 2.50 bits per heavy atom. The van der Waals surface area contributed by atoms with Crippen LogP contribution in [0.2, 0.25) is 0 Å². The molecular formula is C25H14BrN3O. The van der Waals surface area contributed by atoms with Crippen LogP contribution in [0.25, 0.3) is 55.5 Å². The summed E-state index contributed by atoms with van der Waals surface area (Å²) in [6.07, 6.45) is 0. The van der Waals surface area contributed by atoms with Crippen molar-refractivity contribution in [2.75, 3.05) is 0 Å². The summed E-state index contributed by atoms with van der Waals surface area (Å²) in [6.45, 7) is 0. The third-order valence-corrected chi connectivity index (χ3v) is 6.27. The van der Waals surface area contributed by atoms with Gasteiger partial charge in [0.2, 0.25) is 5.78 Å². The van der Waals surface area contributed by atoms with Gasteiger partial charge in [-0.3, -0.25) is 8.97 Å².